The van der Waals surface area contributed by atoms with Gasteiger partial charge in [-0.15, -0.1) is 0 Å². The topological polar surface area (TPSA) is 51.6 Å². The van der Waals surface area contributed by atoms with Crippen LogP contribution in [0, 0.1) is 0 Å². The summed E-state index contributed by atoms with van der Waals surface area (Å²) in [6.45, 7) is 2.14. The predicted octanol–water partition coefficient (Wildman–Crippen LogP) is 1.37. The minimum absolute atomic E-state index is 0.0156. The number of hydrogen-bond donors (Lipinski definition) is 1. The van der Waals surface area contributed by atoms with Crippen molar-refractivity contribution >= 4 is 15.9 Å². The number of likely N-dealkylation sites (N-methyl/N-ethyl adjacent to an activating group) is 1. The van der Waals surface area contributed by atoms with Crippen LogP contribution < -0.4 is 5.73 Å². The number of rotatable bonds is 2. The Kier molecular flexibility index (Phi) is 3.45. The summed E-state index contributed by atoms with van der Waals surface area (Å²) < 4.78 is 11.9. The number of nitrogens with zero attached hydrogens (tertiary/aromatic N) is 1. The number of halogens is 1. The number of furan rings is 1. The molecule has 0 spiro atoms. The molecule has 1 aliphatic heterocycles. The molecule has 0 amide bonds. The highest BCUT2D eigenvalue weighted by Gasteiger charge is 2.32. The number of ether oxygens (including phenoxy) is 1. The minimum Gasteiger partial charge on any atom is -0.453 e. The van der Waals surface area contributed by atoms with Crippen molar-refractivity contribution in [3.8, 4) is 0 Å². The number of nitrogens with two attached hydrogens (primary N) is 1. The van der Waals surface area contributed by atoms with Crippen LogP contribution in [0.25, 0.3) is 0 Å². The van der Waals surface area contributed by atoms with E-state index in [1.165, 1.54) is 0 Å². The van der Waals surface area contributed by atoms with Gasteiger partial charge >= 0.3 is 0 Å². The first-order chi connectivity index (χ1) is 7.22. The second-order valence-electron chi connectivity index (χ2n) is 3.71. The maximum Gasteiger partial charge on any atom is 0.169 e. The maximum absolute atomic E-state index is 5.69. The van der Waals surface area contributed by atoms with E-state index in [4.69, 9.17) is 14.9 Å². The fourth-order valence-electron chi connectivity index (χ4n) is 1.95. The van der Waals surface area contributed by atoms with Crippen molar-refractivity contribution in [1.29, 1.82) is 0 Å². The first kappa shape index (κ1) is 11.1. The van der Waals surface area contributed by atoms with Crippen LogP contribution in [0.1, 0.15) is 11.8 Å². The van der Waals surface area contributed by atoms with E-state index in [-0.39, 0.29) is 12.1 Å². The van der Waals surface area contributed by atoms with Crippen LogP contribution in [-0.2, 0) is 4.74 Å². The van der Waals surface area contributed by atoms with Gasteiger partial charge in [0.15, 0.2) is 4.67 Å². The lowest BCUT2D eigenvalue weighted by molar-refractivity contribution is -0.0642. The Hall–Kier alpha value is -0.360. The molecule has 2 atom stereocenters. The highest BCUT2D eigenvalue weighted by atomic mass is 79.9. The van der Waals surface area contributed by atoms with Gasteiger partial charge in [-0.05, 0) is 35.1 Å². The summed E-state index contributed by atoms with van der Waals surface area (Å²) in [5.74, 6) is 0.902. The van der Waals surface area contributed by atoms with E-state index in [0.29, 0.717) is 6.54 Å². The van der Waals surface area contributed by atoms with E-state index in [9.17, 15) is 0 Å². The summed E-state index contributed by atoms with van der Waals surface area (Å²) in [4.78, 5) is 2.21. The Labute approximate surface area is 97.5 Å². The lowest BCUT2D eigenvalue weighted by Gasteiger charge is -2.37. The summed E-state index contributed by atoms with van der Waals surface area (Å²) in [7, 11) is 2.06. The van der Waals surface area contributed by atoms with E-state index in [0.717, 1.165) is 23.6 Å². The van der Waals surface area contributed by atoms with E-state index in [1.54, 1.807) is 0 Å². The van der Waals surface area contributed by atoms with Crippen molar-refractivity contribution < 1.29 is 9.15 Å². The third-order valence-electron chi connectivity index (χ3n) is 2.72. The molecule has 2 N–H and O–H groups in total. The standard InChI is InChI=1S/C10H15BrN2O2/c1-13-4-5-14-8(6-12)10(13)7-2-3-9(11)15-7/h2-3,8,10H,4-6,12H2,1H3. The molecule has 0 saturated carbocycles. The third-order valence-corrected chi connectivity index (χ3v) is 3.15. The first-order valence-electron chi connectivity index (χ1n) is 4.99. The SMILES string of the molecule is CN1CCOC(CN)C1c1ccc(Br)o1. The molecule has 1 fully saturated rings. The molecular formula is C10H15BrN2O2. The van der Waals surface area contributed by atoms with E-state index < -0.39 is 0 Å². The zero-order valence-electron chi connectivity index (χ0n) is 8.65. The van der Waals surface area contributed by atoms with Crippen LogP contribution in [0.15, 0.2) is 21.2 Å². The first-order valence-corrected chi connectivity index (χ1v) is 5.79. The summed E-state index contributed by atoms with van der Waals surface area (Å²) >= 11 is 3.30. The second-order valence-corrected chi connectivity index (χ2v) is 4.49. The molecule has 5 heteroatoms. The summed E-state index contributed by atoms with van der Waals surface area (Å²) in [5, 5.41) is 0. The molecule has 84 valence electrons. The van der Waals surface area contributed by atoms with Crippen molar-refractivity contribution in [2.24, 2.45) is 5.73 Å². The Balaban J connectivity index is 2.22. The molecule has 15 heavy (non-hydrogen) atoms. The van der Waals surface area contributed by atoms with Gasteiger partial charge in [0, 0.05) is 13.1 Å². The van der Waals surface area contributed by atoms with Gasteiger partial charge in [-0.2, -0.15) is 0 Å². The quantitative estimate of drug-likeness (QED) is 0.885. The largest absolute Gasteiger partial charge is 0.453 e. The highest BCUT2D eigenvalue weighted by molar-refractivity contribution is 9.10. The fourth-order valence-corrected chi connectivity index (χ4v) is 2.27. The molecule has 2 heterocycles. The average Bonchev–Trinajstić information content (AvgIpc) is 2.64. The summed E-state index contributed by atoms with van der Waals surface area (Å²) in [6, 6.07) is 3.98. The monoisotopic (exact) mass is 274 g/mol. The normalized spacial score (nSPS) is 28.2. The van der Waals surface area contributed by atoms with Gasteiger partial charge in [0.25, 0.3) is 0 Å². The molecule has 1 aromatic heterocycles. The minimum atomic E-state index is 0.0156. The Morgan fingerprint density at radius 2 is 2.40 bits per heavy atom. The van der Waals surface area contributed by atoms with Gasteiger partial charge < -0.3 is 14.9 Å². The van der Waals surface area contributed by atoms with Crippen LogP contribution >= 0.6 is 15.9 Å². The van der Waals surface area contributed by atoms with Crippen molar-refractivity contribution in [2.45, 2.75) is 12.1 Å². The third kappa shape index (κ3) is 2.25. The zero-order valence-corrected chi connectivity index (χ0v) is 10.2. The molecule has 0 aliphatic carbocycles. The summed E-state index contributed by atoms with van der Waals surface area (Å²) in [5.41, 5.74) is 5.69. The van der Waals surface area contributed by atoms with Gasteiger partial charge in [0.1, 0.15) is 5.76 Å². The second kappa shape index (κ2) is 4.65. The molecule has 1 aromatic rings. The number of morpholine rings is 1. The molecule has 1 saturated heterocycles. The van der Waals surface area contributed by atoms with Crippen molar-refractivity contribution in [3.05, 3.63) is 22.6 Å². The van der Waals surface area contributed by atoms with Gasteiger partial charge in [-0.1, -0.05) is 0 Å². The van der Waals surface area contributed by atoms with Crippen LogP contribution in [-0.4, -0.2) is 37.7 Å². The van der Waals surface area contributed by atoms with E-state index in [2.05, 4.69) is 27.9 Å². The zero-order chi connectivity index (χ0) is 10.8. The van der Waals surface area contributed by atoms with Crippen molar-refractivity contribution in [1.82, 2.24) is 4.90 Å². The Bertz CT molecular complexity index is 329. The lowest BCUT2D eigenvalue weighted by Crippen LogP contribution is -2.46. The lowest BCUT2D eigenvalue weighted by atomic mass is 10.1. The highest BCUT2D eigenvalue weighted by Crippen LogP contribution is 2.30. The average molecular weight is 275 g/mol. The predicted molar refractivity (Wildman–Crippen MR) is 60.6 cm³/mol. The van der Waals surface area contributed by atoms with Crippen molar-refractivity contribution in [3.63, 3.8) is 0 Å². The van der Waals surface area contributed by atoms with Crippen LogP contribution in [0.3, 0.4) is 0 Å². The molecule has 1 aliphatic rings. The van der Waals surface area contributed by atoms with Crippen LogP contribution in [0.4, 0.5) is 0 Å². The molecule has 0 bridgehead atoms. The summed E-state index contributed by atoms with van der Waals surface area (Å²) in [6.07, 6.45) is 0.0156. The smallest absolute Gasteiger partial charge is 0.169 e. The van der Waals surface area contributed by atoms with Gasteiger partial charge in [-0.25, -0.2) is 0 Å². The van der Waals surface area contributed by atoms with Gasteiger partial charge in [0.2, 0.25) is 0 Å². The van der Waals surface area contributed by atoms with Crippen LogP contribution in [0.5, 0.6) is 0 Å². The number of hydrogen-bond acceptors (Lipinski definition) is 4. The maximum atomic E-state index is 5.69. The Morgan fingerprint density at radius 1 is 1.60 bits per heavy atom. The molecular weight excluding hydrogens is 260 g/mol. The van der Waals surface area contributed by atoms with Crippen molar-refractivity contribution in [2.75, 3.05) is 26.7 Å². The molecule has 2 rings (SSSR count). The molecule has 2 unspecified atom stereocenters. The van der Waals surface area contributed by atoms with E-state index in [1.807, 2.05) is 12.1 Å². The van der Waals surface area contributed by atoms with E-state index >= 15 is 0 Å². The fraction of sp³-hybridized carbons (Fsp3) is 0.600. The van der Waals surface area contributed by atoms with Gasteiger partial charge in [0.05, 0.1) is 18.8 Å². The molecule has 4 nitrogen and oxygen atoms in total. The Morgan fingerprint density at radius 3 is 3.00 bits per heavy atom. The van der Waals surface area contributed by atoms with Gasteiger partial charge in [-0.3, -0.25) is 4.90 Å². The van der Waals surface area contributed by atoms with Crippen LogP contribution in [0.2, 0.25) is 0 Å². The molecule has 0 radical (unpaired) electrons. The molecule has 0 aromatic carbocycles.